The number of para-hydroxylation sites is 2. The number of rotatable bonds is 4. The van der Waals surface area contributed by atoms with Gasteiger partial charge in [-0.05, 0) is 48.5 Å². The first-order valence-electron chi connectivity index (χ1n) is 16.9. The normalized spacial score (nSPS) is 11.9. The first kappa shape index (κ1) is 28.6. The molecule has 0 bridgehead atoms. The molecule has 51 heavy (non-hydrogen) atoms. The summed E-state index contributed by atoms with van der Waals surface area (Å²) in [5.41, 5.74) is 6.36. The number of hydrogen-bond donors (Lipinski definition) is 0. The van der Waals surface area contributed by atoms with E-state index in [0.717, 1.165) is 22.4 Å². The van der Waals surface area contributed by atoms with Gasteiger partial charge in [0.15, 0.2) is 17.5 Å². The fourth-order valence-corrected chi connectivity index (χ4v) is 10.0. The van der Waals surface area contributed by atoms with E-state index in [9.17, 15) is 0 Å². The largest absolute Gasteiger partial charge is 0.309 e. The summed E-state index contributed by atoms with van der Waals surface area (Å²) >= 11 is 3.59. The molecule has 0 N–H and O–H groups in total. The van der Waals surface area contributed by atoms with E-state index in [0.29, 0.717) is 17.5 Å². The van der Waals surface area contributed by atoms with Gasteiger partial charge in [0, 0.05) is 73.5 Å². The van der Waals surface area contributed by atoms with Crippen LogP contribution in [0, 0.1) is 0 Å². The van der Waals surface area contributed by atoms with Gasteiger partial charge in [-0.3, -0.25) is 0 Å². The molecular formula is C45H26N4S2. The molecular weight excluding hydrogens is 661 g/mol. The molecule has 4 aromatic heterocycles. The predicted octanol–water partition coefficient (Wildman–Crippen LogP) is 12.7. The molecule has 11 rings (SSSR count). The lowest BCUT2D eigenvalue weighted by Gasteiger charge is -2.12. The Bertz CT molecular complexity index is 2980. The van der Waals surface area contributed by atoms with Crippen molar-refractivity contribution in [3.8, 4) is 39.9 Å². The number of hydrogen-bond acceptors (Lipinski definition) is 5. The average Bonchev–Trinajstić information content (AvgIpc) is 3.87. The number of thiophene rings is 2. The van der Waals surface area contributed by atoms with Gasteiger partial charge in [0.05, 0.1) is 11.0 Å². The Morgan fingerprint density at radius 3 is 1.39 bits per heavy atom. The maximum Gasteiger partial charge on any atom is 0.165 e. The Labute approximate surface area is 300 Å². The van der Waals surface area contributed by atoms with Crippen molar-refractivity contribution >= 4 is 84.8 Å². The van der Waals surface area contributed by atoms with E-state index in [1.165, 1.54) is 62.2 Å². The Morgan fingerprint density at radius 2 is 0.824 bits per heavy atom. The minimum Gasteiger partial charge on any atom is -0.309 e. The maximum absolute atomic E-state index is 5.28. The van der Waals surface area contributed by atoms with Crippen molar-refractivity contribution in [2.45, 2.75) is 0 Å². The fraction of sp³-hybridized carbons (Fsp3) is 0. The van der Waals surface area contributed by atoms with E-state index in [-0.39, 0.29) is 0 Å². The van der Waals surface area contributed by atoms with Crippen LogP contribution in [0.2, 0.25) is 0 Å². The van der Waals surface area contributed by atoms with Crippen molar-refractivity contribution in [3.63, 3.8) is 0 Å². The number of fused-ring (bicyclic) bond motifs is 9. The number of benzene rings is 7. The average molecular weight is 687 g/mol. The van der Waals surface area contributed by atoms with Crippen molar-refractivity contribution in [1.29, 1.82) is 0 Å². The van der Waals surface area contributed by atoms with Crippen LogP contribution in [-0.2, 0) is 0 Å². The molecule has 0 radical (unpaired) electrons. The van der Waals surface area contributed by atoms with Gasteiger partial charge in [-0.2, -0.15) is 0 Å². The van der Waals surface area contributed by atoms with Crippen LogP contribution in [0.15, 0.2) is 158 Å². The minimum absolute atomic E-state index is 0.647. The second kappa shape index (κ2) is 11.2. The van der Waals surface area contributed by atoms with Crippen LogP contribution in [0.25, 0.3) is 102 Å². The molecule has 238 valence electrons. The summed E-state index contributed by atoms with van der Waals surface area (Å²) in [6, 6.07) is 56.0. The van der Waals surface area contributed by atoms with E-state index >= 15 is 0 Å². The third kappa shape index (κ3) is 4.40. The SMILES string of the molecule is c1cc(-c2nc(-c3cccc4c3sc3ccccc34)nc(-c3cccc4c3sc3ccccc34)n2)cc(-n2c3ccccc3c3ccccc32)c1. The fourth-order valence-electron chi connectivity index (χ4n) is 7.58. The smallest absolute Gasteiger partial charge is 0.165 e. The van der Waals surface area contributed by atoms with E-state index in [1.807, 2.05) is 0 Å². The highest BCUT2D eigenvalue weighted by atomic mass is 32.1. The summed E-state index contributed by atoms with van der Waals surface area (Å²) in [7, 11) is 0. The second-order valence-electron chi connectivity index (χ2n) is 12.8. The molecule has 0 aliphatic carbocycles. The van der Waals surface area contributed by atoms with Crippen LogP contribution in [-0.4, -0.2) is 19.5 Å². The molecule has 0 saturated heterocycles. The van der Waals surface area contributed by atoms with Crippen molar-refractivity contribution in [2.75, 3.05) is 0 Å². The van der Waals surface area contributed by atoms with Gasteiger partial charge in [-0.1, -0.05) is 109 Å². The number of aromatic nitrogens is 4. The van der Waals surface area contributed by atoms with Crippen molar-refractivity contribution in [1.82, 2.24) is 19.5 Å². The third-order valence-electron chi connectivity index (χ3n) is 9.87. The molecule has 0 saturated carbocycles. The van der Waals surface area contributed by atoms with Gasteiger partial charge in [0.2, 0.25) is 0 Å². The second-order valence-corrected chi connectivity index (χ2v) is 14.9. The third-order valence-corrected chi connectivity index (χ3v) is 12.3. The lowest BCUT2D eigenvalue weighted by atomic mass is 10.1. The highest BCUT2D eigenvalue weighted by Gasteiger charge is 2.20. The monoisotopic (exact) mass is 686 g/mol. The zero-order valence-corrected chi connectivity index (χ0v) is 28.7. The van der Waals surface area contributed by atoms with Crippen molar-refractivity contribution in [2.24, 2.45) is 0 Å². The lowest BCUT2D eigenvalue weighted by molar-refractivity contribution is 1.08. The molecule has 0 aliphatic heterocycles. The highest BCUT2D eigenvalue weighted by Crippen LogP contribution is 2.42. The van der Waals surface area contributed by atoms with Gasteiger partial charge in [-0.15, -0.1) is 22.7 Å². The molecule has 0 amide bonds. The van der Waals surface area contributed by atoms with Gasteiger partial charge in [0.25, 0.3) is 0 Å². The van der Waals surface area contributed by atoms with Crippen LogP contribution in [0.5, 0.6) is 0 Å². The highest BCUT2D eigenvalue weighted by molar-refractivity contribution is 7.26. The summed E-state index contributed by atoms with van der Waals surface area (Å²) in [4.78, 5) is 15.8. The van der Waals surface area contributed by atoms with E-state index in [4.69, 9.17) is 15.0 Å². The first-order valence-corrected chi connectivity index (χ1v) is 18.6. The van der Waals surface area contributed by atoms with E-state index in [1.54, 1.807) is 22.7 Å². The zero-order chi connectivity index (χ0) is 33.5. The molecule has 0 spiro atoms. The van der Waals surface area contributed by atoms with Crippen LogP contribution in [0.4, 0.5) is 0 Å². The van der Waals surface area contributed by atoms with Gasteiger partial charge >= 0.3 is 0 Å². The topological polar surface area (TPSA) is 43.6 Å². The molecule has 0 fully saturated rings. The van der Waals surface area contributed by atoms with E-state index < -0.39 is 0 Å². The minimum atomic E-state index is 0.647. The molecule has 4 heterocycles. The molecule has 0 atom stereocenters. The van der Waals surface area contributed by atoms with Crippen LogP contribution < -0.4 is 0 Å². The molecule has 7 aromatic carbocycles. The van der Waals surface area contributed by atoms with Crippen molar-refractivity contribution < 1.29 is 0 Å². The summed E-state index contributed by atoms with van der Waals surface area (Å²) in [6.45, 7) is 0. The Balaban J connectivity index is 1.17. The van der Waals surface area contributed by atoms with Crippen molar-refractivity contribution in [3.05, 3.63) is 158 Å². The van der Waals surface area contributed by atoms with E-state index in [2.05, 4.69) is 162 Å². The Morgan fingerprint density at radius 1 is 0.373 bits per heavy atom. The van der Waals surface area contributed by atoms with Crippen LogP contribution in [0.3, 0.4) is 0 Å². The standard InChI is InChI=1S/C45H26N4S2/c1-5-22-37-29(14-1)30-15-2-6-23-38(30)49(37)28-13-9-12-27(26-28)43-46-44(35-20-10-18-33-31-16-3-7-24-39(31)50-41(33)35)48-45(47-43)36-21-11-19-34-32-17-4-8-25-40(32)51-42(34)36/h1-26H. The van der Waals surface area contributed by atoms with Crippen LogP contribution in [0.1, 0.15) is 0 Å². The Kier molecular flexibility index (Phi) is 6.26. The summed E-state index contributed by atoms with van der Waals surface area (Å²) in [5, 5.41) is 7.41. The quantitative estimate of drug-likeness (QED) is 0.185. The summed E-state index contributed by atoms with van der Waals surface area (Å²) in [6.07, 6.45) is 0. The maximum atomic E-state index is 5.28. The van der Waals surface area contributed by atoms with Gasteiger partial charge < -0.3 is 4.57 Å². The number of nitrogens with zero attached hydrogens (tertiary/aromatic N) is 4. The molecule has 11 aromatic rings. The lowest BCUT2D eigenvalue weighted by Crippen LogP contribution is -2.01. The van der Waals surface area contributed by atoms with Gasteiger partial charge in [-0.25, -0.2) is 15.0 Å². The van der Waals surface area contributed by atoms with Crippen LogP contribution >= 0.6 is 22.7 Å². The van der Waals surface area contributed by atoms with Gasteiger partial charge in [0.1, 0.15) is 0 Å². The summed E-state index contributed by atoms with van der Waals surface area (Å²) < 4.78 is 7.21. The molecule has 4 nitrogen and oxygen atoms in total. The predicted molar refractivity (Wildman–Crippen MR) is 216 cm³/mol. The molecule has 6 heteroatoms. The Hall–Kier alpha value is -6.21. The first-order chi connectivity index (χ1) is 25.3. The zero-order valence-electron chi connectivity index (χ0n) is 27.1. The summed E-state index contributed by atoms with van der Waals surface area (Å²) in [5.74, 6) is 1.99. The molecule has 0 unspecified atom stereocenters. The molecule has 0 aliphatic rings.